The van der Waals surface area contributed by atoms with Crippen molar-refractivity contribution in [2.75, 3.05) is 12.4 Å². The molecule has 0 aliphatic rings. The van der Waals surface area contributed by atoms with Crippen molar-refractivity contribution in [1.82, 2.24) is 5.32 Å². The van der Waals surface area contributed by atoms with Crippen molar-refractivity contribution >= 4 is 17.7 Å². The van der Waals surface area contributed by atoms with Gasteiger partial charge in [0.1, 0.15) is 11.6 Å². The number of hydrogen-bond donors (Lipinski definition) is 2. The number of anilines is 1. The molecule has 1 unspecified atom stereocenters. The number of hydrogen-bond acceptors (Lipinski definition) is 4. The van der Waals surface area contributed by atoms with Gasteiger partial charge < -0.3 is 20.1 Å². The van der Waals surface area contributed by atoms with Gasteiger partial charge in [-0.25, -0.2) is 9.18 Å². The summed E-state index contributed by atoms with van der Waals surface area (Å²) in [5, 5.41) is 4.90. The number of amides is 2. The van der Waals surface area contributed by atoms with Crippen LogP contribution in [0.15, 0.2) is 18.2 Å². The number of carbonyl (C=O) groups is 2. The quantitative estimate of drug-likeness (QED) is 0.896. The average Bonchev–Trinajstić information content (AvgIpc) is 2.36. The van der Waals surface area contributed by atoms with E-state index < -0.39 is 29.5 Å². The van der Waals surface area contributed by atoms with Crippen molar-refractivity contribution in [2.24, 2.45) is 0 Å². The molecule has 0 aromatic heterocycles. The fraction of sp³-hybridized carbons (Fsp3) is 0.467. The Hall–Kier alpha value is -2.31. The lowest BCUT2D eigenvalue weighted by Crippen LogP contribution is -2.43. The van der Waals surface area contributed by atoms with E-state index in [-0.39, 0.29) is 11.4 Å². The maximum absolute atomic E-state index is 13.5. The Morgan fingerprint density at radius 2 is 1.91 bits per heavy atom. The highest BCUT2D eigenvalue weighted by Crippen LogP contribution is 2.20. The summed E-state index contributed by atoms with van der Waals surface area (Å²) >= 11 is 0. The third-order valence-electron chi connectivity index (χ3n) is 2.55. The van der Waals surface area contributed by atoms with Gasteiger partial charge in [0.05, 0.1) is 7.11 Å². The van der Waals surface area contributed by atoms with Gasteiger partial charge in [0.15, 0.2) is 11.6 Å². The van der Waals surface area contributed by atoms with E-state index in [0.29, 0.717) is 0 Å². The predicted octanol–water partition coefficient (Wildman–Crippen LogP) is 2.69. The molecule has 7 heteroatoms. The fourth-order valence-corrected chi connectivity index (χ4v) is 1.54. The van der Waals surface area contributed by atoms with Crippen LogP contribution in [-0.4, -0.2) is 30.8 Å². The van der Waals surface area contributed by atoms with E-state index in [0.717, 1.165) is 6.07 Å². The number of carbonyl (C=O) groups excluding carboxylic acids is 2. The summed E-state index contributed by atoms with van der Waals surface area (Å²) in [5.41, 5.74) is -0.388. The van der Waals surface area contributed by atoms with Gasteiger partial charge in [-0.05, 0) is 39.8 Å². The molecule has 1 aromatic carbocycles. The van der Waals surface area contributed by atoms with E-state index in [1.54, 1.807) is 20.8 Å². The highest BCUT2D eigenvalue weighted by molar-refractivity contribution is 5.96. The Kier molecular flexibility index (Phi) is 5.73. The maximum Gasteiger partial charge on any atom is 0.408 e. The number of halogens is 1. The van der Waals surface area contributed by atoms with Gasteiger partial charge in [0.2, 0.25) is 5.91 Å². The lowest BCUT2D eigenvalue weighted by atomic mass is 10.2. The molecule has 0 spiro atoms. The molecule has 22 heavy (non-hydrogen) atoms. The van der Waals surface area contributed by atoms with Gasteiger partial charge >= 0.3 is 6.09 Å². The van der Waals surface area contributed by atoms with Crippen molar-refractivity contribution in [3.8, 4) is 5.75 Å². The molecule has 0 heterocycles. The molecule has 1 atom stereocenters. The molecule has 1 rings (SSSR count). The zero-order valence-electron chi connectivity index (χ0n) is 13.3. The highest BCUT2D eigenvalue weighted by Gasteiger charge is 2.21. The van der Waals surface area contributed by atoms with Crippen LogP contribution < -0.4 is 15.4 Å². The SMILES string of the molecule is COc1ccc(NC(=O)C(C)NC(=O)OC(C)(C)C)cc1F. The Labute approximate surface area is 129 Å². The van der Waals surface area contributed by atoms with Crippen LogP contribution in [0.3, 0.4) is 0 Å². The summed E-state index contributed by atoms with van der Waals surface area (Å²) in [4.78, 5) is 23.5. The van der Waals surface area contributed by atoms with Gasteiger partial charge in [-0.3, -0.25) is 4.79 Å². The van der Waals surface area contributed by atoms with E-state index in [9.17, 15) is 14.0 Å². The Morgan fingerprint density at radius 3 is 2.41 bits per heavy atom. The van der Waals surface area contributed by atoms with Crippen LogP contribution in [0.25, 0.3) is 0 Å². The summed E-state index contributed by atoms with van der Waals surface area (Å²) in [5.74, 6) is -0.999. The molecule has 0 saturated heterocycles. The molecule has 122 valence electrons. The fourth-order valence-electron chi connectivity index (χ4n) is 1.54. The largest absolute Gasteiger partial charge is 0.494 e. The van der Waals surface area contributed by atoms with Crippen LogP contribution in [0.5, 0.6) is 5.75 Å². The normalized spacial score (nSPS) is 12.3. The highest BCUT2D eigenvalue weighted by atomic mass is 19.1. The Morgan fingerprint density at radius 1 is 1.27 bits per heavy atom. The molecule has 0 aliphatic heterocycles. The molecule has 2 N–H and O–H groups in total. The molecule has 0 saturated carbocycles. The zero-order valence-corrected chi connectivity index (χ0v) is 13.3. The van der Waals surface area contributed by atoms with Gasteiger partial charge in [-0.1, -0.05) is 0 Å². The lowest BCUT2D eigenvalue weighted by Gasteiger charge is -2.21. The number of ether oxygens (including phenoxy) is 2. The molecule has 0 bridgehead atoms. The summed E-state index contributed by atoms with van der Waals surface area (Å²) in [6.07, 6.45) is -0.698. The minimum atomic E-state index is -0.833. The van der Waals surface area contributed by atoms with Crippen LogP contribution >= 0.6 is 0 Å². The second kappa shape index (κ2) is 7.11. The van der Waals surface area contributed by atoms with Crippen molar-refractivity contribution < 1.29 is 23.5 Å². The average molecular weight is 312 g/mol. The van der Waals surface area contributed by atoms with Gasteiger partial charge in [-0.15, -0.1) is 0 Å². The van der Waals surface area contributed by atoms with E-state index in [4.69, 9.17) is 9.47 Å². The number of rotatable bonds is 4. The Bertz CT molecular complexity index is 555. The lowest BCUT2D eigenvalue weighted by molar-refractivity contribution is -0.117. The van der Waals surface area contributed by atoms with Crippen molar-refractivity contribution in [1.29, 1.82) is 0 Å². The summed E-state index contributed by atoms with van der Waals surface area (Å²) in [6.45, 7) is 6.66. The second-order valence-corrected chi connectivity index (χ2v) is 5.71. The van der Waals surface area contributed by atoms with Crippen LogP contribution in [-0.2, 0) is 9.53 Å². The number of benzene rings is 1. The van der Waals surface area contributed by atoms with E-state index >= 15 is 0 Å². The predicted molar refractivity (Wildman–Crippen MR) is 80.4 cm³/mol. The molecule has 0 radical (unpaired) electrons. The molecule has 0 fully saturated rings. The van der Waals surface area contributed by atoms with Crippen LogP contribution in [0, 0.1) is 5.82 Å². The van der Waals surface area contributed by atoms with Crippen molar-refractivity contribution in [3.05, 3.63) is 24.0 Å². The summed E-state index contributed by atoms with van der Waals surface area (Å²) in [7, 11) is 1.35. The smallest absolute Gasteiger partial charge is 0.408 e. The zero-order chi connectivity index (χ0) is 16.9. The van der Waals surface area contributed by atoms with E-state index in [2.05, 4.69) is 10.6 Å². The summed E-state index contributed by atoms with van der Waals surface area (Å²) < 4.78 is 23.4. The molecular weight excluding hydrogens is 291 g/mol. The molecule has 1 aromatic rings. The van der Waals surface area contributed by atoms with E-state index in [1.165, 1.54) is 26.2 Å². The first kappa shape index (κ1) is 17.7. The third kappa shape index (κ3) is 5.59. The number of nitrogens with one attached hydrogen (secondary N) is 2. The maximum atomic E-state index is 13.5. The molecular formula is C15H21FN2O4. The van der Waals surface area contributed by atoms with E-state index in [1.807, 2.05) is 0 Å². The number of alkyl carbamates (subject to hydrolysis) is 1. The third-order valence-corrected chi connectivity index (χ3v) is 2.55. The molecule has 6 nitrogen and oxygen atoms in total. The summed E-state index contributed by atoms with van der Waals surface area (Å²) in [6, 6.07) is 3.20. The van der Waals surface area contributed by atoms with Crippen molar-refractivity contribution in [2.45, 2.75) is 39.3 Å². The standard InChI is InChI=1S/C15H21FN2O4/c1-9(17-14(20)22-15(2,3)4)13(19)18-10-6-7-12(21-5)11(16)8-10/h6-9H,1-5H3,(H,17,20)(H,18,19). The first-order valence-corrected chi connectivity index (χ1v) is 6.76. The van der Waals surface area contributed by atoms with Crippen LogP contribution in [0.1, 0.15) is 27.7 Å². The van der Waals surface area contributed by atoms with Gasteiger partial charge in [0, 0.05) is 11.8 Å². The van der Waals surface area contributed by atoms with Crippen molar-refractivity contribution in [3.63, 3.8) is 0 Å². The van der Waals surface area contributed by atoms with Crippen LogP contribution in [0.2, 0.25) is 0 Å². The van der Waals surface area contributed by atoms with Gasteiger partial charge in [0.25, 0.3) is 0 Å². The first-order chi connectivity index (χ1) is 10.1. The number of methoxy groups -OCH3 is 1. The monoisotopic (exact) mass is 312 g/mol. The second-order valence-electron chi connectivity index (χ2n) is 5.71. The minimum Gasteiger partial charge on any atom is -0.494 e. The Balaban J connectivity index is 2.61. The van der Waals surface area contributed by atoms with Gasteiger partial charge in [-0.2, -0.15) is 0 Å². The first-order valence-electron chi connectivity index (χ1n) is 6.76. The minimum absolute atomic E-state index is 0.0814. The molecule has 2 amide bonds. The molecule has 0 aliphatic carbocycles. The van der Waals surface area contributed by atoms with Crippen LogP contribution in [0.4, 0.5) is 14.9 Å². The topological polar surface area (TPSA) is 76.7 Å².